The van der Waals surface area contributed by atoms with Gasteiger partial charge in [0.2, 0.25) is 0 Å². The van der Waals surface area contributed by atoms with Gasteiger partial charge in [-0.05, 0) is 29.7 Å². The maximum absolute atomic E-state index is 14.5. The summed E-state index contributed by atoms with van der Waals surface area (Å²) in [5, 5.41) is 1.28. The van der Waals surface area contributed by atoms with E-state index < -0.39 is 5.82 Å². The first kappa shape index (κ1) is 15.5. The number of nitrogens with zero attached hydrogens (tertiary/aromatic N) is 1. The lowest BCUT2D eigenvalue weighted by Crippen LogP contribution is -1.96. The molecule has 0 saturated carbocycles. The number of pyridine rings is 1. The second kappa shape index (κ2) is 6.01. The van der Waals surface area contributed by atoms with E-state index in [1.54, 1.807) is 13.2 Å². The summed E-state index contributed by atoms with van der Waals surface area (Å²) in [7, 11) is 1.61. The van der Waals surface area contributed by atoms with Gasteiger partial charge in [0.05, 0.1) is 13.3 Å². The minimum atomic E-state index is -0.417. The molecule has 0 atom stereocenters. The highest BCUT2D eigenvalue weighted by atomic mass is 35.5. The topological polar surface area (TPSA) is 22.1 Å². The molecule has 1 heterocycles. The largest absolute Gasteiger partial charge is 0.496 e. The first-order valence-corrected chi connectivity index (χ1v) is 7.48. The Morgan fingerprint density at radius 3 is 2.61 bits per heavy atom. The quantitative estimate of drug-likeness (QED) is 0.572. The molecule has 0 bridgehead atoms. The third kappa shape index (κ3) is 2.57. The predicted molar refractivity (Wildman–Crippen MR) is 93.4 cm³/mol. The Morgan fingerprint density at radius 1 is 1.17 bits per heavy atom. The first-order valence-electron chi connectivity index (χ1n) is 7.10. The summed E-state index contributed by atoms with van der Waals surface area (Å²) in [4.78, 5) is 3.88. The van der Waals surface area contributed by atoms with E-state index in [9.17, 15) is 4.39 Å². The second-order valence-electron chi connectivity index (χ2n) is 5.29. The van der Waals surface area contributed by atoms with Crippen molar-refractivity contribution in [3.8, 4) is 16.9 Å². The van der Waals surface area contributed by atoms with E-state index in [-0.39, 0.29) is 5.15 Å². The minimum Gasteiger partial charge on any atom is -0.496 e. The molecule has 0 spiro atoms. The zero-order valence-corrected chi connectivity index (χ0v) is 13.6. The Labute approximate surface area is 139 Å². The molecular formula is C19H15ClFNO. The maximum atomic E-state index is 14.5. The normalized spacial score (nSPS) is 10.8. The molecule has 2 nitrogen and oxygen atoms in total. The van der Waals surface area contributed by atoms with Gasteiger partial charge in [0.25, 0.3) is 0 Å². The molecule has 0 aliphatic heterocycles. The lowest BCUT2D eigenvalue weighted by atomic mass is 9.91. The molecule has 2 aromatic carbocycles. The smallest absolute Gasteiger partial charge is 0.150 e. The number of hydrogen-bond donors (Lipinski definition) is 0. The summed E-state index contributed by atoms with van der Waals surface area (Å²) >= 11 is 6.13. The van der Waals surface area contributed by atoms with E-state index in [0.29, 0.717) is 16.3 Å². The molecule has 3 aromatic rings. The van der Waals surface area contributed by atoms with E-state index >= 15 is 0 Å². The Kier molecular flexibility index (Phi) is 4.05. The zero-order chi connectivity index (χ0) is 16.6. The molecule has 0 radical (unpaired) electrons. The predicted octanol–water partition coefficient (Wildman–Crippen LogP) is 5.74. The van der Waals surface area contributed by atoms with Gasteiger partial charge < -0.3 is 4.74 Å². The number of benzene rings is 2. The van der Waals surface area contributed by atoms with Crippen LogP contribution < -0.4 is 4.74 Å². The van der Waals surface area contributed by atoms with Gasteiger partial charge in [-0.25, -0.2) is 9.37 Å². The van der Waals surface area contributed by atoms with Crippen LogP contribution in [0.15, 0.2) is 49.2 Å². The van der Waals surface area contributed by atoms with Crippen LogP contribution in [0.2, 0.25) is 5.15 Å². The summed E-state index contributed by atoms with van der Waals surface area (Å²) < 4.78 is 19.9. The summed E-state index contributed by atoms with van der Waals surface area (Å²) in [6.45, 7) is 5.87. The summed E-state index contributed by atoms with van der Waals surface area (Å²) in [5.74, 6) is 0.300. The molecule has 0 fully saturated rings. The summed E-state index contributed by atoms with van der Waals surface area (Å²) in [6.07, 6.45) is 1.14. The van der Waals surface area contributed by atoms with Gasteiger partial charge in [-0.1, -0.05) is 48.5 Å². The average molecular weight is 328 g/mol. The molecule has 0 aliphatic carbocycles. The molecule has 0 aliphatic rings. The summed E-state index contributed by atoms with van der Waals surface area (Å²) in [5.41, 5.74) is 3.19. The van der Waals surface area contributed by atoms with Crippen LogP contribution in [0.5, 0.6) is 5.75 Å². The van der Waals surface area contributed by atoms with Crippen LogP contribution in [0.1, 0.15) is 12.5 Å². The van der Waals surface area contributed by atoms with Crippen molar-refractivity contribution in [2.45, 2.75) is 6.92 Å². The summed E-state index contributed by atoms with van der Waals surface area (Å²) in [6, 6.07) is 11.3. The third-order valence-corrected chi connectivity index (χ3v) is 4.08. The van der Waals surface area contributed by atoms with Crippen molar-refractivity contribution < 1.29 is 9.13 Å². The Morgan fingerprint density at radius 2 is 1.91 bits per heavy atom. The van der Waals surface area contributed by atoms with Crippen LogP contribution in [-0.2, 0) is 0 Å². The van der Waals surface area contributed by atoms with Crippen LogP contribution >= 0.6 is 11.6 Å². The number of fused-ring (bicyclic) bond motifs is 1. The van der Waals surface area contributed by atoms with Crippen molar-refractivity contribution in [2.75, 3.05) is 7.11 Å². The molecule has 116 valence electrons. The standard InChI is InChI=1S/C19H15ClFNO/c1-11(2)17-13(12-6-4-5-7-16(12)23-3)8-9-14-18(17)15(21)10-22-19(14)20/h4-10H,1H2,2-3H3. The fraction of sp³-hybridized carbons (Fsp3) is 0.105. The molecule has 0 unspecified atom stereocenters. The van der Waals surface area contributed by atoms with Gasteiger partial charge >= 0.3 is 0 Å². The highest BCUT2D eigenvalue weighted by molar-refractivity contribution is 6.34. The number of rotatable bonds is 3. The van der Waals surface area contributed by atoms with Gasteiger partial charge in [-0.15, -0.1) is 0 Å². The number of aromatic nitrogens is 1. The molecular weight excluding hydrogens is 313 g/mol. The van der Waals surface area contributed by atoms with Crippen LogP contribution in [0.4, 0.5) is 4.39 Å². The Bertz CT molecular complexity index is 921. The first-order chi connectivity index (χ1) is 11.0. The fourth-order valence-corrected chi connectivity index (χ4v) is 3.01. The fourth-order valence-electron chi connectivity index (χ4n) is 2.80. The van der Waals surface area contributed by atoms with E-state index in [0.717, 1.165) is 28.6 Å². The van der Waals surface area contributed by atoms with Crippen molar-refractivity contribution in [3.63, 3.8) is 0 Å². The number of halogens is 2. The molecule has 1 aromatic heterocycles. The number of methoxy groups -OCH3 is 1. The van der Waals surface area contributed by atoms with E-state index in [4.69, 9.17) is 16.3 Å². The van der Waals surface area contributed by atoms with Gasteiger partial charge in [-0.3, -0.25) is 0 Å². The van der Waals surface area contributed by atoms with E-state index in [1.165, 1.54) is 0 Å². The van der Waals surface area contributed by atoms with Gasteiger partial charge in [-0.2, -0.15) is 0 Å². The lowest BCUT2D eigenvalue weighted by molar-refractivity contribution is 0.416. The second-order valence-corrected chi connectivity index (χ2v) is 5.65. The van der Waals surface area contributed by atoms with Crippen molar-refractivity contribution in [2.24, 2.45) is 0 Å². The van der Waals surface area contributed by atoms with Crippen molar-refractivity contribution in [3.05, 3.63) is 65.7 Å². The number of hydrogen-bond acceptors (Lipinski definition) is 2. The highest BCUT2D eigenvalue weighted by Gasteiger charge is 2.18. The van der Waals surface area contributed by atoms with Crippen molar-refractivity contribution >= 4 is 27.9 Å². The van der Waals surface area contributed by atoms with Gasteiger partial charge in [0.1, 0.15) is 16.7 Å². The van der Waals surface area contributed by atoms with Crippen LogP contribution in [0.3, 0.4) is 0 Å². The van der Waals surface area contributed by atoms with Gasteiger partial charge in [0.15, 0.2) is 0 Å². The SMILES string of the molecule is C=C(C)c1c(-c2ccccc2OC)ccc2c(Cl)ncc(F)c12. The molecule has 0 amide bonds. The average Bonchev–Trinajstić information content (AvgIpc) is 2.57. The molecule has 4 heteroatoms. The van der Waals surface area contributed by atoms with Crippen LogP contribution in [0, 0.1) is 5.82 Å². The van der Waals surface area contributed by atoms with Crippen molar-refractivity contribution in [1.29, 1.82) is 0 Å². The van der Waals surface area contributed by atoms with E-state index in [2.05, 4.69) is 11.6 Å². The molecule has 0 saturated heterocycles. The highest BCUT2D eigenvalue weighted by Crippen LogP contribution is 2.40. The molecule has 0 N–H and O–H groups in total. The van der Waals surface area contributed by atoms with E-state index in [1.807, 2.05) is 37.3 Å². The maximum Gasteiger partial charge on any atom is 0.150 e. The minimum absolute atomic E-state index is 0.274. The van der Waals surface area contributed by atoms with Crippen molar-refractivity contribution in [1.82, 2.24) is 4.98 Å². The Balaban J connectivity index is 2.46. The lowest BCUT2D eigenvalue weighted by Gasteiger charge is -2.16. The van der Waals surface area contributed by atoms with Gasteiger partial charge in [0, 0.05) is 16.3 Å². The Hall–Kier alpha value is -2.39. The number of allylic oxidation sites excluding steroid dienone is 1. The zero-order valence-electron chi connectivity index (χ0n) is 12.9. The molecule has 23 heavy (non-hydrogen) atoms. The monoisotopic (exact) mass is 327 g/mol. The third-order valence-electron chi connectivity index (χ3n) is 3.78. The van der Waals surface area contributed by atoms with Crippen LogP contribution in [0.25, 0.3) is 27.5 Å². The number of ether oxygens (including phenoxy) is 1. The molecule has 3 rings (SSSR count). The number of para-hydroxylation sites is 1. The van der Waals surface area contributed by atoms with Crippen LogP contribution in [-0.4, -0.2) is 12.1 Å².